The average Bonchev–Trinajstić information content (AvgIpc) is 2.07. The van der Waals surface area contributed by atoms with Gasteiger partial charge in [-0.15, -0.1) is 0 Å². The van der Waals surface area contributed by atoms with Gasteiger partial charge in [-0.2, -0.15) is 0 Å². The van der Waals surface area contributed by atoms with Crippen LogP contribution in [-0.2, 0) is 4.79 Å². The van der Waals surface area contributed by atoms with Gasteiger partial charge < -0.3 is 5.32 Å². The Balaban J connectivity index is 2.68. The molecule has 11 heavy (non-hydrogen) atoms. The van der Waals surface area contributed by atoms with Crippen molar-refractivity contribution in [3.8, 4) is 0 Å². The maximum atomic E-state index is 9.95. The Morgan fingerprint density at radius 2 is 2.00 bits per heavy atom. The summed E-state index contributed by atoms with van der Waals surface area (Å²) in [5.41, 5.74) is 1.09. The van der Waals surface area contributed by atoms with Crippen LogP contribution in [0.3, 0.4) is 0 Å². The first-order valence-corrected chi connectivity index (χ1v) is 3.52. The third-order valence-corrected chi connectivity index (χ3v) is 1.58. The molecule has 0 aliphatic carbocycles. The molecule has 0 aromatic heterocycles. The van der Waals surface area contributed by atoms with E-state index < -0.39 is 0 Å². The van der Waals surface area contributed by atoms with E-state index in [4.69, 9.17) is 0 Å². The van der Waals surface area contributed by atoms with Gasteiger partial charge in [-0.25, -0.2) is 0 Å². The highest BCUT2D eigenvalue weighted by molar-refractivity contribution is 5.48. The summed E-state index contributed by atoms with van der Waals surface area (Å²) in [4.78, 5) is 9.95. The number of hydrogen-bond donors (Lipinski definition) is 1. The number of benzene rings is 1. The second-order valence-corrected chi connectivity index (χ2v) is 2.38. The molecule has 1 aromatic carbocycles. The van der Waals surface area contributed by atoms with Crippen LogP contribution in [0.4, 0.5) is 0 Å². The molecule has 57 valence electrons. The zero-order valence-corrected chi connectivity index (χ0v) is 6.37. The lowest BCUT2D eigenvalue weighted by atomic mass is 10.1. The van der Waals surface area contributed by atoms with Gasteiger partial charge in [0.1, 0.15) is 0 Å². The van der Waals surface area contributed by atoms with Crippen LogP contribution in [-0.4, -0.2) is 6.41 Å². The van der Waals surface area contributed by atoms with Gasteiger partial charge in [0.2, 0.25) is 0 Å². The van der Waals surface area contributed by atoms with Crippen LogP contribution in [0.2, 0.25) is 0 Å². The fourth-order valence-corrected chi connectivity index (χ4v) is 0.913. The molecule has 1 atom stereocenters. The van der Waals surface area contributed by atoms with Crippen molar-refractivity contribution in [3.63, 3.8) is 0 Å². The molecule has 0 saturated carbocycles. The molecule has 1 radical (unpaired) electrons. The second-order valence-electron chi connectivity index (χ2n) is 2.38. The van der Waals surface area contributed by atoms with E-state index in [0.29, 0.717) is 0 Å². The summed E-state index contributed by atoms with van der Waals surface area (Å²) in [5, 5.41) is 2.56. The van der Waals surface area contributed by atoms with Gasteiger partial charge >= 0.3 is 6.41 Å². The molecule has 0 saturated heterocycles. The largest absolute Gasteiger partial charge is 0.341 e. The fourth-order valence-electron chi connectivity index (χ4n) is 0.913. The van der Waals surface area contributed by atoms with Gasteiger partial charge in [0.15, 0.2) is 0 Å². The van der Waals surface area contributed by atoms with Gasteiger partial charge in [0, 0.05) is 0 Å². The molecule has 0 aliphatic rings. The zero-order valence-electron chi connectivity index (χ0n) is 6.37. The predicted octanol–water partition coefficient (Wildman–Crippen LogP) is 1.40. The first kappa shape index (κ1) is 7.79. The molecule has 2 heteroatoms. The topological polar surface area (TPSA) is 29.1 Å². The summed E-state index contributed by atoms with van der Waals surface area (Å²) < 4.78 is 0. The van der Waals surface area contributed by atoms with Gasteiger partial charge in [-0.05, 0) is 12.5 Å². The van der Waals surface area contributed by atoms with Crippen LogP contribution >= 0.6 is 0 Å². The molecular weight excluding hydrogens is 138 g/mol. The summed E-state index contributed by atoms with van der Waals surface area (Å²) in [6.45, 7) is 1.92. The Hall–Kier alpha value is -1.31. The highest BCUT2D eigenvalue weighted by atomic mass is 16.1. The van der Waals surface area contributed by atoms with Crippen molar-refractivity contribution in [2.45, 2.75) is 13.0 Å². The number of hydrogen-bond acceptors (Lipinski definition) is 1. The monoisotopic (exact) mass is 148 g/mol. The van der Waals surface area contributed by atoms with E-state index in [1.54, 1.807) is 6.41 Å². The quantitative estimate of drug-likeness (QED) is 0.645. The van der Waals surface area contributed by atoms with E-state index in [2.05, 4.69) is 5.32 Å². The molecular formula is C9H10NO. The number of nitrogens with one attached hydrogen (secondary N) is 1. The molecule has 0 aliphatic heterocycles. The summed E-state index contributed by atoms with van der Waals surface area (Å²) in [7, 11) is 0. The van der Waals surface area contributed by atoms with Crippen LogP contribution in [0, 0.1) is 0 Å². The minimum Gasteiger partial charge on any atom is -0.341 e. The maximum Gasteiger partial charge on any atom is 0.309 e. The van der Waals surface area contributed by atoms with Gasteiger partial charge in [0.05, 0.1) is 6.04 Å². The lowest BCUT2D eigenvalue weighted by molar-refractivity contribution is 0.529. The Morgan fingerprint density at radius 3 is 2.55 bits per heavy atom. The van der Waals surface area contributed by atoms with Crippen molar-refractivity contribution in [3.05, 3.63) is 35.9 Å². The van der Waals surface area contributed by atoms with Crippen LogP contribution in [0.25, 0.3) is 0 Å². The third-order valence-electron chi connectivity index (χ3n) is 1.58. The van der Waals surface area contributed by atoms with Crippen LogP contribution < -0.4 is 5.32 Å². The standard InChI is InChI=1S/C9H10NO/c1-8(10-7-11)9-5-3-2-4-6-9/h2-6,8H,1H3,(H,10,11)/t8-/m0/s1. The molecule has 1 aromatic rings. The van der Waals surface area contributed by atoms with Gasteiger partial charge in [0.25, 0.3) is 0 Å². The summed E-state index contributed by atoms with van der Waals surface area (Å²) >= 11 is 0. The van der Waals surface area contributed by atoms with E-state index in [-0.39, 0.29) is 6.04 Å². The average molecular weight is 148 g/mol. The Labute approximate surface area is 66.2 Å². The van der Waals surface area contributed by atoms with E-state index in [1.165, 1.54) is 0 Å². The zero-order chi connectivity index (χ0) is 8.10. The van der Waals surface area contributed by atoms with Gasteiger partial charge in [-0.1, -0.05) is 30.3 Å². The van der Waals surface area contributed by atoms with Crippen LogP contribution in [0.5, 0.6) is 0 Å². The second kappa shape index (κ2) is 3.76. The highest BCUT2D eigenvalue weighted by Crippen LogP contribution is 2.09. The van der Waals surface area contributed by atoms with E-state index >= 15 is 0 Å². The van der Waals surface area contributed by atoms with Crippen molar-refractivity contribution in [1.29, 1.82) is 0 Å². The third kappa shape index (κ3) is 2.08. The summed E-state index contributed by atoms with van der Waals surface area (Å²) in [6.07, 6.45) is 1.67. The van der Waals surface area contributed by atoms with Crippen molar-refractivity contribution in [2.75, 3.05) is 0 Å². The first-order valence-electron chi connectivity index (χ1n) is 3.52. The normalized spacial score (nSPS) is 12.1. The molecule has 1 amide bonds. The van der Waals surface area contributed by atoms with E-state index in [0.717, 1.165) is 5.56 Å². The number of amides is 1. The summed E-state index contributed by atoms with van der Waals surface area (Å²) in [5.74, 6) is 0. The van der Waals surface area contributed by atoms with E-state index in [9.17, 15) is 4.79 Å². The molecule has 0 spiro atoms. The molecule has 2 nitrogen and oxygen atoms in total. The van der Waals surface area contributed by atoms with Crippen molar-refractivity contribution < 1.29 is 4.79 Å². The van der Waals surface area contributed by atoms with Gasteiger partial charge in [-0.3, -0.25) is 4.79 Å². The molecule has 1 rings (SSSR count). The molecule has 1 N–H and O–H groups in total. The lowest BCUT2D eigenvalue weighted by Gasteiger charge is -2.08. The Kier molecular flexibility index (Phi) is 2.66. The van der Waals surface area contributed by atoms with E-state index in [1.807, 2.05) is 37.3 Å². The number of rotatable bonds is 3. The molecule has 0 heterocycles. The maximum absolute atomic E-state index is 9.95. The van der Waals surface area contributed by atoms with Crippen LogP contribution in [0.1, 0.15) is 18.5 Å². The minimum atomic E-state index is 0.0497. The Morgan fingerprint density at radius 1 is 1.36 bits per heavy atom. The van der Waals surface area contributed by atoms with Crippen molar-refractivity contribution >= 4 is 6.41 Å². The SMILES string of the molecule is C[C@H](N[C]=O)c1ccccc1. The lowest BCUT2D eigenvalue weighted by Crippen LogP contribution is -2.15. The Bertz CT molecular complexity index is 220. The molecule has 0 fully saturated rings. The summed E-state index contributed by atoms with van der Waals surface area (Å²) in [6, 6.07) is 9.82. The number of carbonyl (C=O) groups excluding carboxylic acids is 1. The smallest absolute Gasteiger partial charge is 0.309 e. The van der Waals surface area contributed by atoms with Crippen molar-refractivity contribution in [1.82, 2.24) is 5.32 Å². The predicted molar refractivity (Wildman–Crippen MR) is 43.7 cm³/mol. The van der Waals surface area contributed by atoms with Crippen LogP contribution in [0.15, 0.2) is 30.3 Å². The van der Waals surface area contributed by atoms with Crippen molar-refractivity contribution in [2.24, 2.45) is 0 Å². The molecule has 0 unspecified atom stereocenters. The highest BCUT2D eigenvalue weighted by Gasteiger charge is 2.00. The first-order chi connectivity index (χ1) is 5.34. The fraction of sp³-hybridized carbons (Fsp3) is 0.222. The minimum absolute atomic E-state index is 0.0497. The molecule has 0 bridgehead atoms.